The minimum atomic E-state index is -0.359. The lowest BCUT2D eigenvalue weighted by atomic mass is 9.67. The predicted octanol–water partition coefficient (Wildman–Crippen LogP) is 7.54. The number of aryl methyl sites for hydroxylation is 2. The van der Waals surface area contributed by atoms with Gasteiger partial charge in [0.2, 0.25) is 0 Å². The highest BCUT2D eigenvalue weighted by Crippen LogP contribution is 2.45. The number of aliphatic hydroxyl groups excluding tert-OH is 2. The van der Waals surface area contributed by atoms with E-state index >= 15 is 0 Å². The normalized spacial score (nSPS) is 24.2. The van der Waals surface area contributed by atoms with Gasteiger partial charge >= 0.3 is 5.97 Å². The van der Waals surface area contributed by atoms with Crippen LogP contribution in [0.15, 0.2) is 30.4 Å². The van der Waals surface area contributed by atoms with Gasteiger partial charge in [-0.2, -0.15) is 0 Å². The molecule has 4 nitrogen and oxygen atoms in total. The zero-order valence-electron chi connectivity index (χ0n) is 24.5. The van der Waals surface area contributed by atoms with Crippen LogP contribution in [0.25, 0.3) is 0 Å². The Bertz CT molecular complexity index is 862. The van der Waals surface area contributed by atoms with Crippen LogP contribution in [0.3, 0.4) is 0 Å². The first kappa shape index (κ1) is 30.9. The van der Waals surface area contributed by atoms with Crippen molar-refractivity contribution in [3.05, 3.63) is 47.0 Å². The van der Waals surface area contributed by atoms with Gasteiger partial charge in [0.05, 0.1) is 19.8 Å². The van der Waals surface area contributed by atoms with Gasteiger partial charge in [-0.05, 0) is 124 Å². The Hall–Kier alpha value is -1.65. The maximum absolute atomic E-state index is 11.5. The van der Waals surface area contributed by atoms with E-state index in [2.05, 4.69) is 38.6 Å². The van der Waals surface area contributed by atoms with Gasteiger partial charge in [-0.25, -0.2) is 4.79 Å². The number of ether oxygens (including phenoxy) is 1. The second kappa shape index (κ2) is 15.2. The lowest BCUT2D eigenvalue weighted by molar-refractivity contribution is -0.139. The molecule has 0 unspecified atom stereocenters. The molecule has 38 heavy (non-hydrogen) atoms. The number of rotatable bonds is 14. The van der Waals surface area contributed by atoms with Gasteiger partial charge in [0.25, 0.3) is 0 Å². The van der Waals surface area contributed by atoms with Gasteiger partial charge in [0, 0.05) is 11.0 Å². The Kier molecular flexibility index (Phi) is 12.4. The molecule has 0 heterocycles. The molecule has 0 aromatic heterocycles. The Labute approximate surface area is 232 Å². The van der Waals surface area contributed by atoms with Gasteiger partial charge in [-0.15, -0.1) is 0 Å². The molecule has 2 aliphatic carbocycles. The number of aliphatic hydroxyl groups is 2. The predicted molar refractivity (Wildman–Crippen MR) is 156 cm³/mol. The summed E-state index contributed by atoms with van der Waals surface area (Å²) in [4.78, 5) is 11.5. The van der Waals surface area contributed by atoms with E-state index in [1.165, 1.54) is 68.9 Å². The molecule has 3 rings (SSSR count). The lowest BCUT2D eigenvalue weighted by Gasteiger charge is -2.38. The quantitative estimate of drug-likeness (QED) is 0.149. The van der Waals surface area contributed by atoms with Crippen LogP contribution in [0.5, 0.6) is 0 Å². The number of carbonyl (C=O) groups excluding carboxylic acids is 1. The van der Waals surface area contributed by atoms with Crippen LogP contribution in [-0.2, 0) is 22.4 Å². The average Bonchev–Trinajstić information content (AvgIpc) is 2.96. The summed E-state index contributed by atoms with van der Waals surface area (Å²) in [5, 5.41) is 19.6. The Morgan fingerprint density at radius 2 is 1.63 bits per heavy atom. The molecule has 1 aromatic carbocycles. The monoisotopic (exact) mass is 526 g/mol. The third kappa shape index (κ3) is 8.42. The third-order valence-electron chi connectivity index (χ3n) is 10.1. The molecule has 2 saturated carbocycles. The smallest absolute Gasteiger partial charge is 0.333 e. The molecule has 0 atom stereocenters. The maximum atomic E-state index is 11.5. The zero-order chi connectivity index (χ0) is 27.5. The fraction of sp³-hybridized carbons (Fsp3) is 0.735. The van der Waals surface area contributed by atoms with Gasteiger partial charge in [0.1, 0.15) is 0 Å². The lowest BCUT2D eigenvalue weighted by Crippen LogP contribution is -2.29. The minimum Gasteiger partial charge on any atom is -0.462 e. The first-order valence-electron chi connectivity index (χ1n) is 15.5. The highest BCUT2D eigenvalue weighted by Gasteiger charge is 2.32. The molecule has 4 heteroatoms. The fourth-order valence-electron chi connectivity index (χ4n) is 7.05. The number of hydrogen-bond acceptors (Lipinski definition) is 4. The average molecular weight is 527 g/mol. The standard InChI is InChI=1S/C34H54O4/c1-5-28-22-27(19-20-34(6-2,23-35)24-36)11-18-32(28)31-16-14-30(15-17-31)29-12-9-26(10-13-29)8-7-21-38-33(37)25(3)4/h11,18,22,26,29-31,35-36H,3,5-10,12-17,19-21,23-24H2,1-2,4H3. The zero-order valence-corrected chi connectivity index (χ0v) is 24.5. The van der Waals surface area contributed by atoms with Gasteiger partial charge < -0.3 is 14.9 Å². The van der Waals surface area contributed by atoms with Gasteiger partial charge in [0.15, 0.2) is 0 Å². The molecule has 0 aliphatic heterocycles. The van der Waals surface area contributed by atoms with Crippen molar-refractivity contribution in [3.8, 4) is 0 Å². The van der Waals surface area contributed by atoms with Crippen LogP contribution in [0.4, 0.5) is 0 Å². The molecule has 0 saturated heterocycles. The van der Waals surface area contributed by atoms with Crippen LogP contribution in [0.1, 0.15) is 120 Å². The topological polar surface area (TPSA) is 66.8 Å². The van der Waals surface area contributed by atoms with E-state index in [9.17, 15) is 15.0 Å². The molecule has 0 radical (unpaired) electrons. The molecule has 2 N–H and O–H groups in total. The Morgan fingerprint density at radius 3 is 2.18 bits per heavy atom. The molecule has 0 amide bonds. The summed E-state index contributed by atoms with van der Waals surface area (Å²) in [5.74, 6) is 3.03. The Morgan fingerprint density at radius 1 is 1.00 bits per heavy atom. The summed E-state index contributed by atoms with van der Waals surface area (Å²) in [6.07, 6.45) is 16.6. The first-order chi connectivity index (χ1) is 18.3. The SMILES string of the molecule is C=C(C)C(=O)OCCCC1CCC(C2CCC(c3ccc(CCC(CC)(CO)CO)cc3CC)CC2)CC1. The number of benzene rings is 1. The molecule has 1 aromatic rings. The number of hydrogen-bond donors (Lipinski definition) is 2. The van der Waals surface area contributed by atoms with Crippen molar-refractivity contribution in [2.75, 3.05) is 19.8 Å². The molecular formula is C34H54O4. The van der Waals surface area contributed by atoms with Crippen molar-refractivity contribution in [2.45, 2.75) is 117 Å². The summed E-state index contributed by atoms with van der Waals surface area (Å²) < 4.78 is 5.26. The van der Waals surface area contributed by atoms with Gasteiger partial charge in [-0.1, -0.05) is 51.5 Å². The number of carbonyl (C=O) groups is 1. The second-order valence-electron chi connectivity index (χ2n) is 12.5. The van der Waals surface area contributed by atoms with Crippen LogP contribution < -0.4 is 0 Å². The largest absolute Gasteiger partial charge is 0.462 e. The van der Waals surface area contributed by atoms with E-state index in [1.807, 2.05) is 0 Å². The summed E-state index contributed by atoms with van der Waals surface area (Å²) in [5.41, 5.74) is 4.53. The van der Waals surface area contributed by atoms with E-state index < -0.39 is 0 Å². The molecule has 2 fully saturated rings. The van der Waals surface area contributed by atoms with E-state index in [0.29, 0.717) is 18.1 Å². The Balaban J connectivity index is 1.43. The van der Waals surface area contributed by atoms with E-state index in [0.717, 1.165) is 49.9 Å². The van der Waals surface area contributed by atoms with Crippen LogP contribution in [-0.4, -0.2) is 36.0 Å². The first-order valence-corrected chi connectivity index (χ1v) is 15.5. The summed E-state index contributed by atoms with van der Waals surface area (Å²) in [7, 11) is 0. The molecule has 214 valence electrons. The van der Waals surface area contributed by atoms with Crippen LogP contribution in [0.2, 0.25) is 0 Å². The molecule has 0 spiro atoms. The highest BCUT2D eigenvalue weighted by atomic mass is 16.5. The van der Waals surface area contributed by atoms with E-state index in [-0.39, 0.29) is 24.6 Å². The van der Waals surface area contributed by atoms with Crippen molar-refractivity contribution in [3.63, 3.8) is 0 Å². The summed E-state index contributed by atoms with van der Waals surface area (Å²) in [6.45, 7) is 10.3. The van der Waals surface area contributed by atoms with E-state index in [4.69, 9.17) is 4.74 Å². The van der Waals surface area contributed by atoms with Crippen molar-refractivity contribution in [1.82, 2.24) is 0 Å². The molecule has 2 aliphatic rings. The summed E-state index contributed by atoms with van der Waals surface area (Å²) >= 11 is 0. The summed E-state index contributed by atoms with van der Waals surface area (Å²) in [6, 6.07) is 7.09. The fourth-order valence-corrected chi connectivity index (χ4v) is 7.05. The van der Waals surface area contributed by atoms with Crippen molar-refractivity contribution < 1.29 is 19.7 Å². The highest BCUT2D eigenvalue weighted by molar-refractivity contribution is 5.86. The van der Waals surface area contributed by atoms with Crippen molar-refractivity contribution >= 4 is 5.97 Å². The van der Waals surface area contributed by atoms with Gasteiger partial charge in [-0.3, -0.25) is 0 Å². The number of esters is 1. The maximum Gasteiger partial charge on any atom is 0.333 e. The molecule has 0 bridgehead atoms. The molecular weight excluding hydrogens is 472 g/mol. The minimum absolute atomic E-state index is 0.0522. The van der Waals surface area contributed by atoms with Crippen LogP contribution >= 0.6 is 0 Å². The third-order valence-corrected chi connectivity index (χ3v) is 10.1. The van der Waals surface area contributed by atoms with Crippen molar-refractivity contribution in [1.29, 1.82) is 0 Å². The van der Waals surface area contributed by atoms with Crippen molar-refractivity contribution in [2.24, 2.45) is 23.2 Å². The van der Waals surface area contributed by atoms with Crippen LogP contribution in [0, 0.1) is 23.2 Å². The second-order valence-corrected chi connectivity index (χ2v) is 12.5. The van der Waals surface area contributed by atoms with E-state index in [1.54, 1.807) is 12.5 Å².